The van der Waals surface area contributed by atoms with Crippen molar-refractivity contribution in [2.75, 3.05) is 33.2 Å². The molecule has 116 valence electrons. The molecule has 0 bridgehead atoms. The lowest BCUT2D eigenvalue weighted by Gasteiger charge is -2.43. The molecule has 1 aromatic heterocycles. The summed E-state index contributed by atoms with van der Waals surface area (Å²) in [5, 5.41) is 3.33. The number of piperazine rings is 1. The maximum absolute atomic E-state index is 12.9. The molecule has 1 atom stereocenters. The minimum absolute atomic E-state index is 0.0442. The molecule has 1 fully saturated rings. The zero-order chi connectivity index (χ0) is 15.5. The van der Waals surface area contributed by atoms with E-state index in [0.717, 1.165) is 31.7 Å². The smallest absolute Gasteiger partial charge is 0.242 e. The van der Waals surface area contributed by atoms with E-state index < -0.39 is 5.54 Å². The Labute approximate surface area is 127 Å². The maximum atomic E-state index is 12.9. The summed E-state index contributed by atoms with van der Waals surface area (Å²) in [6.45, 7) is 9.82. The highest BCUT2D eigenvalue weighted by atomic mass is 16.2. The van der Waals surface area contributed by atoms with E-state index in [9.17, 15) is 4.79 Å². The number of carbonyl (C=O) groups is 1. The fourth-order valence-corrected chi connectivity index (χ4v) is 2.83. The van der Waals surface area contributed by atoms with Crippen LogP contribution in [0.5, 0.6) is 0 Å². The van der Waals surface area contributed by atoms with Crippen LogP contribution in [0.25, 0.3) is 0 Å². The van der Waals surface area contributed by atoms with Crippen LogP contribution < -0.4 is 5.32 Å². The summed E-state index contributed by atoms with van der Waals surface area (Å²) in [5.74, 6) is 0.161. The second kappa shape index (κ2) is 6.54. The zero-order valence-corrected chi connectivity index (χ0v) is 13.5. The van der Waals surface area contributed by atoms with Gasteiger partial charge in [-0.3, -0.25) is 14.7 Å². The van der Waals surface area contributed by atoms with Crippen LogP contribution in [0.1, 0.15) is 32.4 Å². The van der Waals surface area contributed by atoms with Gasteiger partial charge in [0.05, 0.1) is 11.6 Å². The lowest BCUT2D eigenvalue weighted by molar-refractivity contribution is -0.143. The summed E-state index contributed by atoms with van der Waals surface area (Å²) >= 11 is 0. The van der Waals surface area contributed by atoms with Crippen molar-refractivity contribution in [3.63, 3.8) is 0 Å². The van der Waals surface area contributed by atoms with Crippen LogP contribution in [0.15, 0.2) is 24.5 Å². The largest absolute Gasteiger partial charge is 0.337 e. The summed E-state index contributed by atoms with van der Waals surface area (Å²) in [5.41, 5.74) is 0.634. The van der Waals surface area contributed by atoms with Gasteiger partial charge in [-0.2, -0.15) is 0 Å². The molecule has 5 nitrogen and oxygen atoms in total. The second-order valence-corrected chi connectivity index (χ2v) is 6.17. The van der Waals surface area contributed by atoms with Gasteiger partial charge in [-0.1, -0.05) is 0 Å². The molecule has 21 heavy (non-hydrogen) atoms. The Balaban J connectivity index is 2.10. The molecule has 1 unspecified atom stereocenters. The van der Waals surface area contributed by atoms with Crippen molar-refractivity contribution in [3.05, 3.63) is 30.1 Å². The van der Waals surface area contributed by atoms with Crippen LogP contribution >= 0.6 is 0 Å². The standard InChI is InChI=1S/C16H26N4O/c1-13(14-5-7-17-8-6-14)19(4)15(21)16(2,3)20-11-9-18-10-12-20/h5-8,13,18H,9-12H2,1-4H3. The highest BCUT2D eigenvalue weighted by molar-refractivity contribution is 5.85. The molecule has 0 spiro atoms. The summed E-state index contributed by atoms with van der Waals surface area (Å²) in [6.07, 6.45) is 3.54. The Morgan fingerprint density at radius 3 is 2.48 bits per heavy atom. The Kier molecular flexibility index (Phi) is 4.96. The van der Waals surface area contributed by atoms with Crippen LogP contribution in [-0.4, -0.2) is 59.5 Å². The quantitative estimate of drug-likeness (QED) is 0.907. The zero-order valence-electron chi connectivity index (χ0n) is 13.5. The first-order chi connectivity index (χ1) is 9.94. The molecule has 0 saturated carbocycles. The van der Waals surface area contributed by atoms with Gasteiger partial charge in [0.25, 0.3) is 0 Å². The van der Waals surface area contributed by atoms with E-state index in [1.807, 2.05) is 37.9 Å². The lowest BCUT2D eigenvalue weighted by atomic mass is 9.98. The minimum Gasteiger partial charge on any atom is -0.337 e. The monoisotopic (exact) mass is 290 g/mol. The number of rotatable bonds is 4. The summed E-state index contributed by atoms with van der Waals surface area (Å²) < 4.78 is 0. The third-order valence-corrected chi connectivity index (χ3v) is 4.52. The highest BCUT2D eigenvalue weighted by Crippen LogP contribution is 2.24. The van der Waals surface area contributed by atoms with E-state index in [1.54, 1.807) is 12.4 Å². The Bertz CT molecular complexity index is 468. The van der Waals surface area contributed by atoms with E-state index >= 15 is 0 Å². The van der Waals surface area contributed by atoms with Crippen molar-refractivity contribution in [3.8, 4) is 0 Å². The number of nitrogens with one attached hydrogen (secondary N) is 1. The SMILES string of the molecule is CC(c1ccncc1)N(C)C(=O)C(C)(C)N1CCNCC1. The number of pyridine rings is 1. The Morgan fingerprint density at radius 1 is 1.33 bits per heavy atom. The van der Waals surface area contributed by atoms with Gasteiger partial charge in [0.15, 0.2) is 0 Å². The minimum atomic E-state index is -0.474. The fourth-order valence-electron chi connectivity index (χ4n) is 2.83. The van der Waals surface area contributed by atoms with Gasteiger partial charge < -0.3 is 10.2 Å². The molecule has 0 aliphatic carbocycles. The van der Waals surface area contributed by atoms with Crippen molar-refractivity contribution in [2.45, 2.75) is 32.4 Å². The van der Waals surface area contributed by atoms with Crippen molar-refractivity contribution in [1.82, 2.24) is 20.1 Å². The van der Waals surface area contributed by atoms with Crippen molar-refractivity contribution in [2.24, 2.45) is 0 Å². The molecule has 0 radical (unpaired) electrons. The topological polar surface area (TPSA) is 48.5 Å². The number of aromatic nitrogens is 1. The van der Waals surface area contributed by atoms with Crippen molar-refractivity contribution < 1.29 is 4.79 Å². The molecule has 2 heterocycles. The van der Waals surface area contributed by atoms with Crippen molar-refractivity contribution in [1.29, 1.82) is 0 Å². The number of hydrogen-bond acceptors (Lipinski definition) is 4. The van der Waals surface area contributed by atoms with Crippen LogP contribution in [0.4, 0.5) is 0 Å². The average Bonchev–Trinajstić information content (AvgIpc) is 2.54. The second-order valence-electron chi connectivity index (χ2n) is 6.17. The van der Waals surface area contributed by atoms with Crippen molar-refractivity contribution >= 4 is 5.91 Å². The molecule has 1 N–H and O–H groups in total. The fraction of sp³-hybridized carbons (Fsp3) is 0.625. The first-order valence-corrected chi connectivity index (χ1v) is 7.57. The number of likely N-dealkylation sites (N-methyl/N-ethyl adjacent to an activating group) is 1. The highest BCUT2D eigenvalue weighted by Gasteiger charge is 2.38. The molecule has 5 heteroatoms. The van der Waals surface area contributed by atoms with Gasteiger partial charge in [0, 0.05) is 45.6 Å². The van der Waals surface area contributed by atoms with E-state index in [4.69, 9.17) is 0 Å². The van der Waals surface area contributed by atoms with E-state index in [0.29, 0.717) is 0 Å². The van der Waals surface area contributed by atoms with Gasteiger partial charge in [-0.15, -0.1) is 0 Å². The van der Waals surface area contributed by atoms with Crippen LogP contribution in [0.2, 0.25) is 0 Å². The molecule has 1 aromatic rings. The van der Waals surface area contributed by atoms with Gasteiger partial charge in [0.1, 0.15) is 0 Å². The number of hydrogen-bond donors (Lipinski definition) is 1. The van der Waals surface area contributed by atoms with E-state index in [1.165, 1.54) is 0 Å². The van der Waals surface area contributed by atoms with Crippen LogP contribution in [-0.2, 0) is 4.79 Å². The third kappa shape index (κ3) is 3.41. The molecule has 2 rings (SSSR count). The number of amides is 1. The van der Waals surface area contributed by atoms with Gasteiger partial charge >= 0.3 is 0 Å². The Hall–Kier alpha value is -1.46. The molecule has 1 saturated heterocycles. The normalized spacial score (nSPS) is 18.3. The summed E-state index contributed by atoms with van der Waals surface area (Å²) in [7, 11) is 1.89. The summed E-state index contributed by atoms with van der Waals surface area (Å²) in [4.78, 5) is 21.1. The van der Waals surface area contributed by atoms with Crippen LogP contribution in [0.3, 0.4) is 0 Å². The average molecular weight is 290 g/mol. The van der Waals surface area contributed by atoms with E-state index in [-0.39, 0.29) is 11.9 Å². The number of carbonyl (C=O) groups excluding carboxylic acids is 1. The first-order valence-electron chi connectivity index (χ1n) is 7.57. The van der Waals surface area contributed by atoms with Gasteiger partial charge in [-0.25, -0.2) is 0 Å². The predicted octanol–water partition coefficient (Wildman–Crippen LogP) is 1.28. The summed E-state index contributed by atoms with van der Waals surface area (Å²) in [6, 6.07) is 3.97. The first kappa shape index (κ1) is 15.9. The Morgan fingerprint density at radius 2 is 1.90 bits per heavy atom. The predicted molar refractivity (Wildman–Crippen MR) is 83.9 cm³/mol. The maximum Gasteiger partial charge on any atom is 0.242 e. The third-order valence-electron chi connectivity index (χ3n) is 4.52. The molecular formula is C16H26N4O. The lowest BCUT2D eigenvalue weighted by Crippen LogP contribution is -2.60. The molecule has 0 aromatic carbocycles. The molecular weight excluding hydrogens is 264 g/mol. The number of nitrogens with zero attached hydrogens (tertiary/aromatic N) is 3. The van der Waals surface area contributed by atoms with E-state index in [2.05, 4.69) is 22.1 Å². The molecule has 1 aliphatic heterocycles. The molecule has 1 aliphatic rings. The van der Waals surface area contributed by atoms with Crippen LogP contribution in [0, 0.1) is 0 Å². The molecule has 1 amide bonds. The van der Waals surface area contributed by atoms with Gasteiger partial charge in [-0.05, 0) is 38.5 Å². The van der Waals surface area contributed by atoms with Gasteiger partial charge in [0.2, 0.25) is 5.91 Å².